The first-order chi connectivity index (χ1) is 6.20. The highest BCUT2D eigenvalue weighted by molar-refractivity contribution is 5.84. The predicted octanol–water partition coefficient (Wildman–Crippen LogP) is 2.82. The molecule has 2 aromatic carbocycles. The van der Waals surface area contributed by atoms with Crippen molar-refractivity contribution in [3.63, 3.8) is 0 Å². The number of hydrogen-bond donors (Lipinski definition) is 1. The van der Waals surface area contributed by atoms with Gasteiger partial charge in [-0.2, -0.15) is 0 Å². The molecule has 0 bridgehead atoms. The number of phenols is 1. The van der Waals surface area contributed by atoms with E-state index in [2.05, 4.69) is 0 Å². The minimum atomic E-state index is -0.934. The van der Waals surface area contributed by atoms with Gasteiger partial charge in [-0.3, -0.25) is 0 Å². The van der Waals surface area contributed by atoms with Crippen LogP contribution in [0.15, 0.2) is 30.3 Å². The van der Waals surface area contributed by atoms with Crippen LogP contribution in [0.3, 0.4) is 0 Å². The molecule has 0 amide bonds. The van der Waals surface area contributed by atoms with Gasteiger partial charge in [0.05, 0.1) is 0 Å². The van der Waals surface area contributed by atoms with Crippen molar-refractivity contribution in [2.24, 2.45) is 0 Å². The average Bonchev–Trinajstić information content (AvgIpc) is 2.15. The lowest BCUT2D eigenvalue weighted by atomic mass is 10.1. The maximum Gasteiger partial charge on any atom is 0.188 e. The average molecular weight is 180 g/mol. The van der Waals surface area contributed by atoms with E-state index in [1.54, 1.807) is 18.2 Å². The van der Waals surface area contributed by atoms with Gasteiger partial charge in [-0.1, -0.05) is 24.3 Å². The molecular formula is C10H6F2O. The third-order valence-electron chi connectivity index (χ3n) is 1.91. The van der Waals surface area contributed by atoms with Crippen LogP contribution in [0.4, 0.5) is 8.78 Å². The van der Waals surface area contributed by atoms with E-state index >= 15 is 0 Å². The van der Waals surface area contributed by atoms with E-state index in [0.29, 0.717) is 5.39 Å². The number of rotatable bonds is 0. The molecule has 0 radical (unpaired) electrons. The van der Waals surface area contributed by atoms with Crippen LogP contribution >= 0.6 is 0 Å². The summed E-state index contributed by atoms with van der Waals surface area (Å²) in [5, 5.41) is 9.62. The predicted molar refractivity (Wildman–Crippen MR) is 45.5 cm³/mol. The molecular weight excluding hydrogens is 174 g/mol. The lowest BCUT2D eigenvalue weighted by molar-refractivity contribution is 0.400. The molecule has 0 aliphatic carbocycles. The zero-order valence-electron chi connectivity index (χ0n) is 6.59. The number of fused-ring (bicyclic) bond motifs is 1. The minimum Gasteiger partial charge on any atom is -0.503 e. The summed E-state index contributed by atoms with van der Waals surface area (Å²) in [6.45, 7) is 0. The van der Waals surface area contributed by atoms with Crippen LogP contribution in [0.2, 0.25) is 0 Å². The van der Waals surface area contributed by atoms with Gasteiger partial charge < -0.3 is 5.11 Å². The molecule has 0 aliphatic rings. The quantitative estimate of drug-likeness (QED) is 0.660. The van der Waals surface area contributed by atoms with Gasteiger partial charge in [0.25, 0.3) is 0 Å². The van der Waals surface area contributed by atoms with E-state index < -0.39 is 17.4 Å². The molecule has 2 aromatic rings. The molecule has 0 spiro atoms. The third kappa shape index (κ3) is 1.13. The van der Waals surface area contributed by atoms with Crippen molar-refractivity contribution in [2.45, 2.75) is 0 Å². The lowest BCUT2D eigenvalue weighted by Gasteiger charge is -2.01. The molecule has 66 valence electrons. The number of benzene rings is 2. The minimum absolute atomic E-state index is 0.224. The van der Waals surface area contributed by atoms with Gasteiger partial charge in [-0.15, -0.1) is 0 Å². The smallest absolute Gasteiger partial charge is 0.188 e. The number of phenolic OH excluding ortho intramolecular Hbond substituents is 1. The first-order valence-corrected chi connectivity index (χ1v) is 3.76. The van der Waals surface area contributed by atoms with E-state index in [9.17, 15) is 8.78 Å². The Kier molecular flexibility index (Phi) is 1.65. The van der Waals surface area contributed by atoms with Crippen molar-refractivity contribution in [1.29, 1.82) is 0 Å². The third-order valence-corrected chi connectivity index (χ3v) is 1.91. The molecule has 0 aromatic heterocycles. The molecule has 13 heavy (non-hydrogen) atoms. The summed E-state index contributed by atoms with van der Waals surface area (Å²) in [4.78, 5) is 0. The number of aromatic hydroxyl groups is 1. The fourth-order valence-electron chi connectivity index (χ4n) is 1.26. The zero-order chi connectivity index (χ0) is 9.42. The van der Waals surface area contributed by atoms with Gasteiger partial charge >= 0.3 is 0 Å². The Balaban J connectivity index is 2.94. The largest absolute Gasteiger partial charge is 0.503 e. The lowest BCUT2D eigenvalue weighted by Crippen LogP contribution is -1.85. The second-order valence-electron chi connectivity index (χ2n) is 2.74. The second-order valence-corrected chi connectivity index (χ2v) is 2.74. The van der Waals surface area contributed by atoms with Gasteiger partial charge in [-0.25, -0.2) is 8.78 Å². The molecule has 0 saturated heterocycles. The van der Waals surface area contributed by atoms with E-state index in [4.69, 9.17) is 5.11 Å². The van der Waals surface area contributed by atoms with Crippen molar-refractivity contribution in [1.82, 2.24) is 0 Å². The van der Waals surface area contributed by atoms with Crippen molar-refractivity contribution < 1.29 is 13.9 Å². The first kappa shape index (κ1) is 7.98. The number of hydrogen-bond acceptors (Lipinski definition) is 1. The van der Waals surface area contributed by atoms with Gasteiger partial charge in [-0.05, 0) is 11.5 Å². The summed E-state index contributed by atoms with van der Waals surface area (Å²) in [7, 11) is 0. The van der Waals surface area contributed by atoms with Gasteiger partial charge in [0, 0.05) is 5.39 Å². The Morgan fingerprint density at radius 2 is 1.77 bits per heavy atom. The topological polar surface area (TPSA) is 20.2 Å². The van der Waals surface area contributed by atoms with Crippen LogP contribution in [0.5, 0.6) is 5.75 Å². The van der Waals surface area contributed by atoms with Crippen molar-refractivity contribution in [3.8, 4) is 5.75 Å². The molecule has 0 saturated carbocycles. The highest BCUT2D eigenvalue weighted by Crippen LogP contribution is 2.27. The van der Waals surface area contributed by atoms with Gasteiger partial charge in [0.15, 0.2) is 17.4 Å². The Hall–Kier alpha value is -1.64. The maximum atomic E-state index is 13.2. The molecule has 0 atom stereocenters. The maximum absolute atomic E-state index is 13.2. The van der Waals surface area contributed by atoms with Crippen LogP contribution in [0, 0.1) is 11.6 Å². The molecule has 2 rings (SSSR count). The molecule has 0 aliphatic heterocycles. The van der Waals surface area contributed by atoms with Crippen LogP contribution in [-0.4, -0.2) is 5.11 Å². The van der Waals surface area contributed by atoms with Gasteiger partial charge in [0.1, 0.15) is 0 Å². The normalized spacial score (nSPS) is 10.6. The summed E-state index contributed by atoms with van der Waals surface area (Å²) in [5.74, 6) is -2.76. The zero-order valence-corrected chi connectivity index (χ0v) is 6.59. The molecule has 0 fully saturated rings. The van der Waals surface area contributed by atoms with Crippen molar-refractivity contribution in [2.75, 3.05) is 0 Å². The van der Waals surface area contributed by atoms with Crippen LogP contribution in [0.25, 0.3) is 10.8 Å². The van der Waals surface area contributed by atoms with E-state index in [0.717, 1.165) is 6.07 Å². The Morgan fingerprint density at radius 1 is 1.08 bits per heavy atom. The highest BCUT2D eigenvalue weighted by Gasteiger charge is 2.11. The van der Waals surface area contributed by atoms with Gasteiger partial charge in [0.2, 0.25) is 0 Å². The summed E-state index contributed by atoms with van der Waals surface area (Å²) in [6.07, 6.45) is 0. The van der Waals surface area contributed by atoms with Crippen LogP contribution < -0.4 is 0 Å². The summed E-state index contributed by atoms with van der Waals surface area (Å²) < 4.78 is 26.0. The fraction of sp³-hybridized carbons (Fsp3) is 0. The fourth-order valence-corrected chi connectivity index (χ4v) is 1.26. The monoisotopic (exact) mass is 180 g/mol. The van der Waals surface area contributed by atoms with Crippen LogP contribution in [0.1, 0.15) is 0 Å². The van der Waals surface area contributed by atoms with E-state index in [1.165, 1.54) is 6.07 Å². The molecule has 0 heterocycles. The Morgan fingerprint density at radius 3 is 2.54 bits per heavy atom. The standard InChI is InChI=1S/C10H6F2O/c11-8-5-6-3-1-2-4-7(6)9(12)10(8)13/h1-5,13H. The summed E-state index contributed by atoms with van der Waals surface area (Å²) in [5.41, 5.74) is 0. The summed E-state index contributed by atoms with van der Waals surface area (Å²) >= 11 is 0. The second kappa shape index (κ2) is 2.69. The van der Waals surface area contributed by atoms with E-state index in [-0.39, 0.29) is 5.39 Å². The van der Waals surface area contributed by atoms with Crippen molar-refractivity contribution in [3.05, 3.63) is 42.0 Å². The highest BCUT2D eigenvalue weighted by atomic mass is 19.1. The molecule has 0 unspecified atom stereocenters. The molecule has 3 heteroatoms. The Bertz CT molecular complexity index is 466. The van der Waals surface area contributed by atoms with Crippen LogP contribution in [-0.2, 0) is 0 Å². The summed E-state index contributed by atoms with van der Waals surface area (Å²) in [6, 6.07) is 7.49. The molecule has 1 nitrogen and oxygen atoms in total. The Labute approximate surface area is 73.2 Å². The van der Waals surface area contributed by atoms with Crippen molar-refractivity contribution >= 4 is 10.8 Å². The SMILES string of the molecule is Oc1c(F)cc2ccccc2c1F. The van der Waals surface area contributed by atoms with E-state index in [1.807, 2.05) is 0 Å². The number of halogens is 2. The first-order valence-electron chi connectivity index (χ1n) is 3.76. The molecule has 1 N–H and O–H groups in total.